The Morgan fingerprint density at radius 3 is 2.67 bits per heavy atom. The first kappa shape index (κ1) is 11.8. The first-order chi connectivity index (χ1) is 7.04. The molecule has 0 amide bonds. The van der Waals surface area contributed by atoms with Gasteiger partial charge in [0.15, 0.2) is 0 Å². The average molecular weight is 241 g/mol. The predicted octanol–water partition coefficient (Wildman–Crippen LogP) is 2.44. The van der Waals surface area contributed by atoms with Crippen molar-refractivity contribution >= 4 is 29.0 Å². The average Bonchev–Trinajstić information content (AvgIpc) is 2.20. The molecular formula is C10H9ClN2OS. The zero-order chi connectivity index (χ0) is 11.4. The summed E-state index contributed by atoms with van der Waals surface area (Å²) in [5, 5.41) is 9.33. The van der Waals surface area contributed by atoms with Crippen molar-refractivity contribution in [2.75, 3.05) is 14.1 Å². The summed E-state index contributed by atoms with van der Waals surface area (Å²) in [6, 6.07) is 6.77. The molecule has 78 valence electrons. The van der Waals surface area contributed by atoms with Crippen molar-refractivity contribution < 1.29 is 4.74 Å². The van der Waals surface area contributed by atoms with E-state index in [4.69, 9.17) is 33.8 Å². The predicted molar refractivity (Wildman–Crippen MR) is 63.1 cm³/mol. The highest BCUT2D eigenvalue weighted by molar-refractivity contribution is 7.80. The van der Waals surface area contributed by atoms with Crippen LogP contribution in [0.4, 0.5) is 0 Å². The van der Waals surface area contributed by atoms with Crippen molar-refractivity contribution in [3.05, 3.63) is 28.8 Å². The third-order valence-corrected chi connectivity index (χ3v) is 2.37. The second-order valence-electron chi connectivity index (χ2n) is 3.02. The molecule has 0 spiro atoms. The summed E-state index contributed by atoms with van der Waals surface area (Å²) in [5.41, 5.74) is 0.489. The lowest BCUT2D eigenvalue weighted by Gasteiger charge is -2.14. The molecule has 0 aliphatic rings. The van der Waals surface area contributed by atoms with E-state index in [0.29, 0.717) is 21.5 Å². The smallest absolute Gasteiger partial charge is 0.264 e. The van der Waals surface area contributed by atoms with Crippen LogP contribution < -0.4 is 4.74 Å². The maximum atomic E-state index is 8.64. The number of thiocarbonyl (C=S) groups is 1. The van der Waals surface area contributed by atoms with Gasteiger partial charge in [0.25, 0.3) is 5.17 Å². The van der Waals surface area contributed by atoms with Gasteiger partial charge in [-0.3, -0.25) is 0 Å². The summed E-state index contributed by atoms with van der Waals surface area (Å²) in [6.07, 6.45) is 0. The van der Waals surface area contributed by atoms with Gasteiger partial charge < -0.3 is 9.64 Å². The van der Waals surface area contributed by atoms with Crippen molar-refractivity contribution in [1.29, 1.82) is 5.26 Å². The Kier molecular flexibility index (Phi) is 3.89. The standard InChI is InChI=1S/C10H9ClN2OS/c1-13(2)10(15)14-9-4-3-7(6-12)5-8(9)11/h3-5H,1-2H3. The van der Waals surface area contributed by atoms with Crippen LogP contribution in [0.3, 0.4) is 0 Å². The van der Waals surface area contributed by atoms with Crippen LogP contribution in [0, 0.1) is 11.3 Å². The molecule has 0 saturated heterocycles. The van der Waals surface area contributed by atoms with Gasteiger partial charge in [0, 0.05) is 14.1 Å². The quantitative estimate of drug-likeness (QED) is 0.707. The normalized spacial score (nSPS) is 9.20. The van der Waals surface area contributed by atoms with Crippen molar-refractivity contribution in [3.63, 3.8) is 0 Å². The second kappa shape index (κ2) is 4.96. The van der Waals surface area contributed by atoms with Crippen LogP contribution in [0.15, 0.2) is 18.2 Å². The maximum Gasteiger partial charge on any atom is 0.264 e. The third-order valence-electron chi connectivity index (χ3n) is 1.62. The number of hydrogen-bond donors (Lipinski definition) is 0. The van der Waals surface area contributed by atoms with Crippen molar-refractivity contribution in [2.45, 2.75) is 0 Å². The molecule has 0 N–H and O–H groups in total. The zero-order valence-corrected chi connectivity index (χ0v) is 9.89. The van der Waals surface area contributed by atoms with E-state index < -0.39 is 0 Å². The molecule has 0 aliphatic heterocycles. The molecule has 1 aromatic carbocycles. The van der Waals surface area contributed by atoms with Crippen molar-refractivity contribution in [2.24, 2.45) is 0 Å². The topological polar surface area (TPSA) is 36.3 Å². The minimum absolute atomic E-state index is 0.321. The van der Waals surface area contributed by atoms with Gasteiger partial charge in [0.2, 0.25) is 0 Å². The molecule has 0 aromatic heterocycles. The summed E-state index contributed by atoms with van der Waals surface area (Å²) >= 11 is 10.9. The van der Waals surface area contributed by atoms with Crippen LogP contribution in [-0.2, 0) is 0 Å². The number of benzene rings is 1. The summed E-state index contributed by atoms with van der Waals surface area (Å²) in [5.74, 6) is 0.453. The van der Waals surface area contributed by atoms with Gasteiger partial charge in [-0.2, -0.15) is 5.26 Å². The number of nitrogens with zero attached hydrogens (tertiary/aromatic N) is 2. The molecule has 15 heavy (non-hydrogen) atoms. The van der Waals surface area contributed by atoms with Gasteiger partial charge >= 0.3 is 0 Å². The van der Waals surface area contributed by atoms with Gasteiger partial charge in [0.1, 0.15) is 5.75 Å². The first-order valence-electron chi connectivity index (χ1n) is 4.13. The highest BCUT2D eigenvalue weighted by Gasteiger charge is 2.07. The highest BCUT2D eigenvalue weighted by atomic mass is 35.5. The van der Waals surface area contributed by atoms with Gasteiger partial charge in [-0.15, -0.1) is 0 Å². The van der Waals surface area contributed by atoms with E-state index in [0.717, 1.165) is 0 Å². The Morgan fingerprint density at radius 1 is 1.53 bits per heavy atom. The van der Waals surface area contributed by atoms with Gasteiger partial charge in [-0.1, -0.05) is 11.6 Å². The largest absolute Gasteiger partial charge is 0.430 e. The monoisotopic (exact) mass is 240 g/mol. The fourth-order valence-corrected chi connectivity index (χ4v) is 1.15. The Bertz CT molecular complexity index is 426. The van der Waals surface area contributed by atoms with E-state index >= 15 is 0 Å². The number of ether oxygens (including phenoxy) is 1. The SMILES string of the molecule is CN(C)C(=S)Oc1ccc(C#N)cc1Cl. The summed E-state index contributed by atoms with van der Waals surface area (Å²) in [7, 11) is 3.56. The molecule has 0 heterocycles. The van der Waals surface area contributed by atoms with Crippen molar-refractivity contribution in [3.8, 4) is 11.8 Å². The van der Waals surface area contributed by atoms with E-state index in [-0.39, 0.29) is 0 Å². The minimum Gasteiger partial charge on any atom is -0.430 e. The number of rotatable bonds is 1. The molecule has 3 nitrogen and oxygen atoms in total. The van der Waals surface area contributed by atoms with Crippen LogP contribution in [0.25, 0.3) is 0 Å². The van der Waals surface area contributed by atoms with E-state index in [1.807, 2.05) is 6.07 Å². The first-order valence-corrected chi connectivity index (χ1v) is 4.92. The van der Waals surface area contributed by atoms with Gasteiger partial charge in [0.05, 0.1) is 16.7 Å². The molecule has 0 atom stereocenters. The third kappa shape index (κ3) is 3.08. The van der Waals surface area contributed by atoms with E-state index in [2.05, 4.69) is 0 Å². The second-order valence-corrected chi connectivity index (χ2v) is 3.78. The molecule has 1 aromatic rings. The Balaban J connectivity index is 2.89. The molecule has 1 rings (SSSR count). The lowest BCUT2D eigenvalue weighted by molar-refractivity contribution is 0.449. The summed E-state index contributed by atoms with van der Waals surface area (Å²) in [4.78, 5) is 1.66. The molecule has 0 radical (unpaired) electrons. The van der Waals surface area contributed by atoms with Crippen LogP contribution in [-0.4, -0.2) is 24.2 Å². The molecule has 0 unspecified atom stereocenters. The lowest BCUT2D eigenvalue weighted by Crippen LogP contribution is -2.25. The molecule has 5 heteroatoms. The molecule has 0 bridgehead atoms. The van der Waals surface area contributed by atoms with Crippen molar-refractivity contribution in [1.82, 2.24) is 4.90 Å². The number of hydrogen-bond acceptors (Lipinski definition) is 3. The van der Waals surface area contributed by atoms with Gasteiger partial charge in [-0.25, -0.2) is 0 Å². The summed E-state index contributed by atoms with van der Waals surface area (Å²) in [6.45, 7) is 0. The lowest BCUT2D eigenvalue weighted by atomic mass is 10.2. The van der Waals surface area contributed by atoms with Crippen LogP contribution in [0.2, 0.25) is 5.02 Å². The maximum absolute atomic E-state index is 8.64. The molecule has 0 aliphatic carbocycles. The fourth-order valence-electron chi connectivity index (χ4n) is 0.839. The Morgan fingerprint density at radius 2 is 2.20 bits per heavy atom. The van der Waals surface area contributed by atoms with E-state index in [1.165, 1.54) is 6.07 Å². The van der Waals surface area contributed by atoms with Crippen LogP contribution in [0.5, 0.6) is 5.75 Å². The molecular weight excluding hydrogens is 232 g/mol. The van der Waals surface area contributed by atoms with Gasteiger partial charge in [-0.05, 0) is 30.4 Å². The van der Waals surface area contributed by atoms with Crippen LogP contribution >= 0.6 is 23.8 Å². The van der Waals surface area contributed by atoms with Crippen LogP contribution in [0.1, 0.15) is 5.56 Å². The Labute approximate surface area is 98.8 Å². The van der Waals surface area contributed by atoms with E-state index in [9.17, 15) is 0 Å². The highest BCUT2D eigenvalue weighted by Crippen LogP contribution is 2.25. The minimum atomic E-state index is 0.321. The molecule has 0 saturated carbocycles. The molecule has 0 fully saturated rings. The van der Waals surface area contributed by atoms with E-state index in [1.54, 1.807) is 31.1 Å². The fraction of sp³-hybridized carbons (Fsp3) is 0.200. The number of halogens is 1. The Hall–Kier alpha value is -1.31. The summed E-state index contributed by atoms with van der Waals surface area (Å²) < 4.78 is 5.32. The zero-order valence-electron chi connectivity index (χ0n) is 8.32. The number of nitriles is 1.